The summed E-state index contributed by atoms with van der Waals surface area (Å²) in [5, 5.41) is 3.21. The predicted molar refractivity (Wildman–Crippen MR) is 121 cm³/mol. The molecule has 0 saturated heterocycles. The van der Waals surface area contributed by atoms with Crippen LogP contribution < -0.4 is 10.2 Å². The minimum Gasteiger partial charge on any atom is -0.350 e. The number of carbonyl (C=O) groups excluding carboxylic acids is 2. The van der Waals surface area contributed by atoms with Crippen molar-refractivity contribution in [3.63, 3.8) is 0 Å². The molecule has 1 aliphatic rings. The largest absolute Gasteiger partial charge is 0.350 e. The van der Waals surface area contributed by atoms with Crippen LogP contribution in [0, 0.1) is 32.4 Å². The van der Waals surface area contributed by atoms with Gasteiger partial charge in [-0.25, -0.2) is 13.7 Å². The zero-order valence-electron chi connectivity index (χ0n) is 17.6. The number of hydrogen-bond donors (Lipinski definition) is 1. The molecule has 0 fully saturated rings. The number of imide groups is 1. The van der Waals surface area contributed by atoms with Crippen LogP contribution in [-0.4, -0.2) is 11.8 Å². The molecule has 4 rings (SSSR count). The van der Waals surface area contributed by atoms with Crippen LogP contribution in [0.15, 0.2) is 60.3 Å². The van der Waals surface area contributed by atoms with E-state index in [9.17, 15) is 18.4 Å². The molecule has 0 bridgehead atoms. The van der Waals surface area contributed by atoms with Crippen LogP contribution in [0.1, 0.15) is 22.3 Å². The van der Waals surface area contributed by atoms with E-state index in [1.54, 1.807) is 31.2 Å². The quantitative estimate of drug-likeness (QED) is 0.498. The molecule has 0 spiro atoms. The van der Waals surface area contributed by atoms with E-state index < -0.39 is 23.4 Å². The van der Waals surface area contributed by atoms with Gasteiger partial charge >= 0.3 is 0 Å². The second kappa shape index (κ2) is 8.20. The molecule has 0 atom stereocenters. The number of nitrogens with zero attached hydrogens (tertiary/aromatic N) is 1. The van der Waals surface area contributed by atoms with Crippen LogP contribution in [0.3, 0.4) is 0 Å². The SMILES string of the molecule is Cc1ccc(C2=C(Nc3ccc(F)c(F)c3)C(=O)N(c3cc(Cl)ccc3C)C2=O)cc1C. The third-order valence-corrected chi connectivity index (χ3v) is 5.72. The molecule has 1 N–H and O–H groups in total. The smallest absolute Gasteiger partial charge is 0.282 e. The fourth-order valence-corrected chi connectivity index (χ4v) is 3.74. The highest BCUT2D eigenvalue weighted by Gasteiger charge is 2.41. The monoisotopic (exact) mass is 452 g/mol. The number of rotatable bonds is 4. The average molecular weight is 453 g/mol. The maximum absolute atomic E-state index is 13.8. The molecule has 0 unspecified atom stereocenters. The Kier molecular flexibility index (Phi) is 5.57. The van der Waals surface area contributed by atoms with Gasteiger partial charge in [-0.15, -0.1) is 0 Å². The van der Waals surface area contributed by atoms with Crippen LogP contribution in [0.25, 0.3) is 5.57 Å². The minimum absolute atomic E-state index is 0.0244. The summed E-state index contributed by atoms with van der Waals surface area (Å²) in [6.45, 7) is 5.61. The fourth-order valence-electron chi connectivity index (χ4n) is 3.57. The van der Waals surface area contributed by atoms with E-state index in [1.807, 2.05) is 26.0 Å². The highest BCUT2D eigenvalue weighted by molar-refractivity contribution is 6.46. The molecular weight excluding hydrogens is 434 g/mol. The highest BCUT2D eigenvalue weighted by atomic mass is 35.5. The Labute approximate surface area is 189 Å². The molecule has 7 heteroatoms. The normalized spacial score (nSPS) is 13.9. The first-order chi connectivity index (χ1) is 15.2. The van der Waals surface area contributed by atoms with Crippen molar-refractivity contribution in [3.8, 4) is 0 Å². The lowest BCUT2D eigenvalue weighted by molar-refractivity contribution is -0.120. The van der Waals surface area contributed by atoms with Crippen molar-refractivity contribution in [1.29, 1.82) is 0 Å². The van der Waals surface area contributed by atoms with Crippen molar-refractivity contribution >= 4 is 40.4 Å². The van der Waals surface area contributed by atoms with E-state index in [-0.39, 0.29) is 17.0 Å². The molecule has 32 heavy (non-hydrogen) atoms. The number of aryl methyl sites for hydroxylation is 3. The summed E-state index contributed by atoms with van der Waals surface area (Å²) < 4.78 is 27.2. The Morgan fingerprint density at radius 3 is 2.19 bits per heavy atom. The van der Waals surface area contributed by atoms with Crippen molar-refractivity contribution < 1.29 is 18.4 Å². The maximum atomic E-state index is 13.8. The number of amides is 2. The Balaban J connectivity index is 1.88. The van der Waals surface area contributed by atoms with E-state index in [0.29, 0.717) is 21.8 Å². The van der Waals surface area contributed by atoms with Gasteiger partial charge in [0.2, 0.25) is 0 Å². The van der Waals surface area contributed by atoms with E-state index >= 15 is 0 Å². The standard InChI is InChI=1S/C25H19ClF2N2O2/c1-13-4-6-16(10-15(13)3)22-23(29-18-8-9-19(27)20(28)12-18)25(32)30(24(22)31)21-11-17(26)7-5-14(21)2/h4-12,29H,1-3H3. The molecule has 2 amide bonds. The molecule has 4 nitrogen and oxygen atoms in total. The maximum Gasteiger partial charge on any atom is 0.282 e. The van der Waals surface area contributed by atoms with Gasteiger partial charge in [0.05, 0.1) is 11.3 Å². The van der Waals surface area contributed by atoms with Crippen molar-refractivity contribution in [2.24, 2.45) is 0 Å². The number of anilines is 2. The molecule has 0 radical (unpaired) electrons. The number of hydrogen-bond acceptors (Lipinski definition) is 3. The van der Waals surface area contributed by atoms with Crippen molar-refractivity contribution in [1.82, 2.24) is 0 Å². The summed E-state index contributed by atoms with van der Waals surface area (Å²) in [5.74, 6) is -3.22. The van der Waals surface area contributed by atoms with Gasteiger partial charge in [-0.05, 0) is 67.3 Å². The molecular formula is C25H19ClF2N2O2. The van der Waals surface area contributed by atoms with Gasteiger partial charge < -0.3 is 5.32 Å². The molecule has 1 aliphatic heterocycles. The second-order valence-corrected chi connectivity index (χ2v) is 8.12. The third kappa shape index (κ3) is 3.78. The number of nitrogens with one attached hydrogen (secondary N) is 1. The van der Waals surface area contributed by atoms with E-state index in [4.69, 9.17) is 11.6 Å². The summed E-state index contributed by atoms with van der Waals surface area (Å²) >= 11 is 6.12. The van der Waals surface area contributed by atoms with E-state index in [1.165, 1.54) is 6.07 Å². The first-order valence-electron chi connectivity index (χ1n) is 9.86. The zero-order chi connectivity index (χ0) is 23.2. The molecule has 0 aromatic heterocycles. The first-order valence-corrected chi connectivity index (χ1v) is 10.2. The van der Waals surface area contributed by atoms with Gasteiger partial charge in [-0.2, -0.15) is 0 Å². The van der Waals surface area contributed by atoms with Gasteiger partial charge in [0.15, 0.2) is 11.6 Å². The Bertz CT molecular complexity index is 1320. The lowest BCUT2D eigenvalue weighted by atomic mass is 9.99. The first kappa shape index (κ1) is 21.7. The van der Waals surface area contributed by atoms with Crippen molar-refractivity contribution in [2.75, 3.05) is 10.2 Å². The van der Waals surface area contributed by atoms with Gasteiger partial charge in [0.25, 0.3) is 11.8 Å². The fraction of sp³-hybridized carbons (Fsp3) is 0.120. The zero-order valence-corrected chi connectivity index (χ0v) is 18.3. The van der Waals surface area contributed by atoms with Gasteiger partial charge in [-0.1, -0.05) is 35.9 Å². The summed E-state index contributed by atoms with van der Waals surface area (Å²) in [6.07, 6.45) is 0. The van der Waals surface area contributed by atoms with Gasteiger partial charge in [0.1, 0.15) is 5.70 Å². The second-order valence-electron chi connectivity index (χ2n) is 7.68. The number of carbonyl (C=O) groups is 2. The van der Waals surface area contributed by atoms with Gasteiger partial charge in [-0.3, -0.25) is 9.59 Å². The van der Waals surface area contributed by atoms with E-state index in [0.717, 1.165) is 28.2 Å². The summed E-state index contributed by atoms with van der Waals surface area (Å²) in [7, 11) is 0. The molecule has 1 heterocycles. The van der Waals surface area contributed by atoms with Crippen LogP contribution in [0.4, 0.5) is 20.2 Å². The Morgan fingerprint density at radius 1 is 0.781 bits per heavy atom. The molecule has 3 aromatic rings. The predicted octanol–water partition coefficient (Wildman–Crippen LogP) is 5.94. The average Bonchev–Trinajstić information content (AvgIpc) is 2.98. The van der Waals surface area contributed by atoms with Crippen molar-refractivity contribution in [2.45, 2.75) is 20.8 Å². The Hall–Kier alpha value is -3.51. The van der Waals surface area contributed by atoms with Crippen molar-refractivity contribution in [3.05, 3.63) is 99.2 Å². The minimum atomic E-state index is -1.07. The van der Waals surface area contributed by atoms with Gasteiger partial charge in [0, 0.05) is 16.8 Å². The lowest BCUT2D eigenvalue weighted by Crippen LogP contribution is -2.33. The molecule has 0 saturated carbocycles. The molecule has 162 valence electrons. The Morgan fingerprint density at radius 2 is 1.50 bits per heavy atom. The van der Waals surface area contributed by atoms with Crippen LogP contribution in [-0.2, 0) is 9.59 Å². The van der Waals surface area contributed by atoms with Crippen LogP contribution >= 0.6 is 11.6 Å². The molecule has 0 aliphatic carbocycles. The van der Waals surface area contributed by atoms with Crippen LogP contribution in [0.5, 0.6) is 0 Å². The van der Waals surface area contributed by atoms with Crippen LogP contribution in [0.2, 0.25) is 5.02 Å². The number of halogens is 3. The third-order valence-electron chi connectivity index (χ3n) is 5.48. The summed E-state index contributed by atoms with van der Waals surface area (Å²) in [6, 6.07) is 13.6. The summed E-state index contributed by atoms with van der Waals surface area (Å²) in [4.78, 5) is 28.0. The van der Waals surface area contributed by atoms with E-state index in [2.05, 4.69) is 5.32 Å². The lowest BCUT2D eigenvalue weighted by Gasteiger charge is -2.18. The molecule has 3 aromatic carbocycles. The summed E-state index contributed by atoms with van der Waals surface area (Å²) in [5.41, 5.74) is 3.82. The topological polar surface area (TPSA) is 49.4 Å². The highest BCUT2D eigenvalue weighted by Crippen LogP contribution is 2.36. The number of benzene rings is 3.